The van der Waals surface area contributed by atoms with Gasteiger partial charge in [-0.2, -0.15) is 5.10 Å². The fourth-order valence-electron chi connectivity index (χ4n) is 5.05. The fourth-order valence-corrected chi connectivity index (χ4v) is 5.05. The van der Waals surface area contributed by atoms with Crippen molar-refractivity contribution in [2.24, 2.45) is 15.9 Å². The van der Waals surface area contributed by atoms with Crippen LogP contribution in [0, 0.1) is 12.8 Å². The molecule has 31 heavy (non-hydrogen) atoms. The Kier molecular flexibility index (Phi) is 4.10. The number of nitrogens with zero attached hydrogens (tertiary/aromatic N) is 4. The van der Waals surface area contributed by atoms with Crippen LogP contribution in [0.2, 0.25) is 0 Å². The smallest absolute Gasteiger partial charge is 0.155 e. The Labute approximate surface area is 183 Å². The van der Waals surface area contributed by atoms with Crippen molar-refractivity contribution in [1.29, 1.82) is 0 Å². The molecule has 2 unspecified atom stereocenters. The topological polar surface area (TPSA) is 42.5 Å². The van der Waals surface area contributed by atoms with Crippen molar-refractivity contribution in [2.75, 3.05) is 0 Å². The number of dihydropyridines is 1. The van der Waals surface area contributed by atoms with Crippen LogP contribution in [0.4, 0.5) is 5.82 Å². The van der Waals surface area contributed by atoms with Gasteiger partial charge in [0.25, 0.3) is 0 Å². The molecule has 0 amide bonds. The van der Waals surface area contributed by atoms with E-state index in [1.807, 2.05) is 23.9 Å². The molecule has 1 fully saturated rings. The summed E-state index contributed by atoms with van der Waals surface area (Å²) in [6, 6.07) is 21.7. The van der Waals surface area contributed by atoms with Crippen molar-refractivity contribution in [3.63, 3.8) is 0 Å². The Bertz CT molecular complexity index is 1220. The number of aryl methyl sites for hydroxylation is 1. The molecule has 2 aromatic carbocycles. The molecule has 6 rings (SSSR count). The molecule has 1 aliphatic carbocycles. The molecule has 0 N–H and O–H groups in total. The Balaban J connectivity index is 1.46. The maximum absolute atomic E-state index is 5.27. The molecule has 3 aliphatic rings. The summed E-state index contributed by atoms with van der Waals surface area (Å²) < 4.78 is 1.97. The number of hydrogen-bond acceptors (Lipinski definition) is 3. The standard InChI is InChI=1S/C27H26N4/c1-18-15-24-28-17-21-16-23(19-7-4-3-5-8-19)25(29-26(21)31(24)30-18)20-9-11-22(12-10-20)27(2)13-6-14-27/h3-5,7-12,15-17,21,26H,6,13-14H2,1-2H3. The van der Waals surface area contributed by atoms with E-state index in [1.165, 1.54) is 36.0 Å². The number of rotatable bonds is 3. The largest absolute Gasteiger partial charge is 0.256 e. The first kappa shape index (κ1) is 18.5. The van der Waals surface area contributed by atoms with Gasteiger partial charge in [0.15, 0.2) is 12.0 Å². The van der Waals surface area contributed by atoms with Crippen molar-refractivity contribution < 1.29 is 0 Å². The van der Waals surface area contributed by atoms with Gasteiger partial charge in [0.1, 0.15) is 0 Å². The molecule has 4 nitrogen and oxygen atoms in total. The summed E-state index contributed by atoms with van der Waals surface area (Å²) >= 11 is 0. The monoisotopic (exact) mass is 406 g/mol. The predicted molar refractivity (Wildman–Crippen MR) is 126 cm³/mol. The van der Waals surface area contributed by atoms with Crippen LogP contribution < -0.4 is 0 Å². The lowest BCUT2D eigenvalue weighted by Crippen LogP contribution is -2.30. The van der Waals surface area contributed by atoms with Crippen LogP contribution in [0.15, 0.2) is 76.7 Å². The minimum atomic E-state index is -0.0903. The third kappa shape index (κ3) is 3.01. The van der Waals surface area contributed by atoms with Crippen LogP contribution in [0.5, 0.6) is 0 Å². The Hall–Kier alpha value is -3.27. The van der Waals surface area contributed by atoms with Crippen LogP contribution in [0.25, 0.3) is 5.57 Å². The maximum atomic E-state index is 5.27. The van der Waals surface area contributed by atoms with Gasteiger partial charge in [0.2, 0.25) is 0 Å². The van der Waals surface area contributed by atoms with E-state index in [0.29, 0.717) is 5.41 Å². The summed E-state index contributed by atoms with van der Waals surface area (Å²) in [6.45, 7) is 4.39. The second-order valence-electron chi connectivity index (χ2n) is 9.27. The molecular weight excluding hydrogens is 380 g/mol. The van der Waals surface area contributed by atoms with E-state index in [1.54, 1.807) is 0 Å². The fraction of sp³-hybridized carbons (Fsp3) is 0.296. The average molecular weight is 407 g/mol. The van der Waals surface area contributed by atoms with E-state index in [4.69, 9.17) is 10.1 Å². The number of fused-ring (bicyclic) bond motifs is 3. The van der Waals surface area contributed by atoms with Crippen molar-refractivity contribution >= 4 is 23.3 Å². The zero-order valence-corrected chi connectivity index (χ0v) is 18.0. The second-order valence-corrected chi connectivity index (χ2v) is 9.27. The lowest BCUT2D eigenvalue weighted by molar-refractivity contribution is 0.272. The number of hydrogen-bond donors (Lipinski definition) is 0. The molecule has 2 atom stereocenters. The normalized spacial score (nSPS) is 23.3. The average Bonchev–Trinajstić information content (AvgIpc) is 3.18. The van der Waals surface area contributed by atoms with Crippen molar-refractivity contribution in [3.8, 4) is 0 Å². The molecule has 154 valence electrons. The van der Waals surface area contributed by atoms with Crippen molar-refractivity contribution in [1.82, 2.24) is 9.78 Å². The van der Waals surface area contributed by atoms with E-state index in [0.717, 1.165) is 22.8 Å². The number of aromatic nitrogens is 2. The van der Waals surface area contributed by atoms with Gasteiger partial charge < -0.3 is 0 Å². The molecule has 4 heteroatoms. The Morgan fingerprint density at radius 2 is 1.74 bits per heavy atom. The van der Waals surface area contributed by atoms with Gasteiger partial charge in [-0.1, -0.05) is 74.0 Å². The molecular formula is C27H26N4. The highest BCUT2D eigenvalue weighted by molar-refractivity contribution is 6.32. The number of allylic oxidation sites excluding steroid dienone is 1. The summed E-state index contributed by atoms with van der Waals surface area (Å²) in [4.78, 5) is 9.91. The van der Waals surface area contributed by atoms with Gasteiger partial charge in [-0.3, -0.25) is 4.99 Å². The summed E-state index contributed by atoms with van der Waals surface area (Å²) in [5, 5.41) is 4.69. The Morgan fingerprint density at radius 3 is 2.45 bits per heavy atom. The molecule has 0 saturated heterocycles. The highest BCUT2D eigenvalue weighted by Gasteiger charge is 2.34. The molecule has 0 spiro atoms. The van der Waals surface area contributed by atoms with Crippen molar-refractivity contribution in [2.45, 2.75) is 44.7 Å². The molecule has 3 aromatic rings. The third-order valence-electron chi connectivity index (χ3n) is 7.08. The lowest BCUT2D eigenvalue weighted by Gasteiger charge is -2.39. The van der Waals surface area contributed by atoms with Crippen LogP contribution in [-0.2, 0) is 5.41 Å². The van der Waals surface area contributed by atoms with Crippen molar-refractivity contribution in [3.05, 3.63) is 89.1 Å². The minimum Gasteiger partial charge on any atom is -0.256 e. The van der Waals surface area contributed by atoms with Crippen LogP contribution >= 0.6 is 0 Å². The number of aliphatic imine (C=N–C) groups is 2. The van der Waals surface area contributed by atoms with Gasteiger partial charge in [-0.15, -0.1) is 0 Å². The van der Waals surface area contributed by atoms with Gasteiger partial charge >= 0.3 is 0 Å². The van der Waals surface area contributed by atoms with Crippen LogP contribution in [0.3, 0.4) is 0 Å². The summed E-state index contributed by atoms with van der Waals surface area (Å²) in [5.74, 6) is 0.977. The molecule has 0 bridgehead atoms. The van der Waals surface area contributed by atoms with Crippen LogP contribution in [0.1, 0.15) is 54.7 Å². The van der Waals surface area contributed by atoms with Gasteiger partial charge in [0, 0.05) is 23.4 Å². The third-order valence-corrected chi connectivity index (χ3v) is 7.08. The quantitative estimate of drug-likeness (QED) is 0.522. The first-order chi connectivity index (χ1) is 15.1. The molecule has 1 aromatic heterocycles. The molecule has 0 radical (unpaired) electrons. The first-order valence-electron chi connectivity index (χ1n) is 11.2. The minimum absolute atomic E-state index is 0.0903. The van der Waals surface area contributed by atoms with Gasteiger partial charge in [-0.25, -0.2) is 9.67 Å². The zero-order chi connectivity index (χ0) is 21.0. The van der Waals surface area contributed by atoms with E-state index in [2.05, 4.69) is 72.6 Å². The van der Waals surface area contributed by atoms with Gasteiger partial charge in [-0.05, 0) is 36.3 Å². The first-order valence-corrected chi connectivity index (χ1v) is 11.2. The molecule has 3 heterocycles. The Morgan fingerprint density at radius 1 is 0.968 bits per heavy atom. The number of benzene rings is 2. The molecule has 1 saturated carbocycles. The summed E-state index contributed by atoms with van der Waals surface area (Å²) in [5.41, 5.74) is 7.31. The van der Waals surface area contributed by atoms with E-state index in [-0.39, 0.29) is 12.1 Å². The van der Waals surface area contributed by atoms with Crippen LogP contribution in [-0.4, -0.2) is 21.7 Å². The van der Waals surface area contributed by atoms with E-state index < -0.39 is 0 Å². The lowest BCUT2D eigenvalue weighted by atomic mass is 9.66. The predicted octanol–water partition coefficient (Wildman–Crippen LogP) is 6.05. The van der Waals surface area contributed by atoms with E-state index in [9.17, 15) is 0 Å². The van der Waals surface area contributed by atoms with E-state index >= 15 is 0 Å². The molecule has 2 aliphatic heterocycles. The summed E-state index contributed by atoms with van der Waals surface area (Å²) in [7, 11) is 0. The summed E-state index contributed by atoms with van der Waals surface area (Å²) in [6.07, 6.45) is 8.15. The zero-order valence-electron chi connectivity index (χ0n) is 18.0. The second kappa shape index (κ2) is 6.88. The SMILES string of the molecule is Cc1cc2n(n1)C1N=C(c3ccc(C4(C)CCC4)cc3)C(c3ccccc3)=CC1C=N2. The maximum Gasteiger partial charge on any atom is 0.155 e. The highest BCUT2D eigenvalue weighted by atomic mass is 15.4. The van der Waals surface area contributed by atoms with Gasteiger partial charge in [0.05, 0.1) is 17.3 Å². The highest BCUT2D eigenvalue weighted by Crippen LogP contribution is 2.43.